The summed E-state index contributed by atoms with van der Waals surface area (Å²) < 4.78 is 49.1. The van der Waals surface area contributed by atoms with Crippen molar-refractivity contribution in [3.8, 4) is 0 Å². The number of rotatable bonds is 2. The fourth-order valence-corrected chi connectivity index (χ4v) is 3.47. The average Bonchev–Trinajstić information content (AvgIpc) is 2.02. The number of alkyl halides is 2. The summed E-state index contributed by atoms with van der Waals surface area (Å²) in [4.78, 5) is 0. The molecule has 84 valence electrons. The van der Waals surface area contributed by atoms with E-state index in [0.29, 0.717) is 6.42 Å². The van der Waals surface area contributed by atoms with Gasteiger partial charge in [-0.3, -0.25) is 0 Å². The Morgan fingerprint density at radius 3 is 2.50 bits per heavy atom. The molecule has 0 saturated carbocycles. The molecule has 6 heteroatoms. The molecule has 2 atom stereocenters. The van der Waals surface area contributed by atoms with E-state index in [1.165, 1.54) is 6.92 Å². The van der Waals surface area contributed by atoms with Crippen molar-refractivity contribution in [2.45, 2.75) is 31.7 Å². The van der Waals surface area contributed by atoms with Gasteiger partial charge in [-0.15, -0.1) is 0 Å². The van der Waals surface area contributed by atoms with E-state index < -0.39 is 33.5 Å². The molecular weight excluding hydrogens is 212 g/mol. The lowest BCUT2D eigenvalue weighted by molar-refractivity contribution is -0.0715. The summed E-state index contributed by atoms with van der Waals surface area (Å²) in [6.07, 6.45) is 0.559. The van der Waals surface area contributed by atoms with Crippen LogP contribution in [0.5, 0.6) is 0 Å². The summed E-state index contributed by atoms with van der Waals surface area (Å²) in [5.41, 5.74) is 5.14. The lowest BCUT2D eigenvalue weighted by Gasteiger charge is -2.32. The topological polar surface area (TPSA) is 60.2 Å². The van der Waals surface area contributed by atoms with Crippen LogP contribution >= 0.6 is 0 Å². The van der Waals surface area contributed by atoms with Crippen LogP contribution in [0.15, 0.2) is 0 Å². The van der Waals surface area contributed by atoms with Crippen molar-refractivity contribution < 1.29 is 17.2 Å². The molecule has 0 aromatic rings. The monoisotopic (exact) mass is 227 g/mol. The van der Waals surface area contributed by atoms with E-state index in [-0.39, 0.29) is 12.2 Å². The maximum atomic E-state index is 13.4. The molecule has 2 N–H and O–H groups in total. The first-order valence-corrected chi connectivity index (χ1v) is 6.41. The van der Waals surface area contributed by atoms with Gasteiger partial charge in [0.25, 0.3) is 5.92 Å². The summed E-state index contributed by atoms with van der Waals surface area (Å²) in [5.74, 6) is -4.59. The van der Waals surface area contributed by atoms with E-state index in [0.717, 1.165) is 0 Å². The number of halogens is 2. The minimum Gasteiger partial charge on any atom is -0.323 e. The van der Waals surface area contributed by atoms with Crippen LogP contribution in [-0.4, -0.2) is 31.9 Å². The lowest BCUT2D eigenvalue weighted by Crippen LogP contribution is -2.48. The predicted molar refractivity (Wildman–Crippen MR) is 50.0 cm³/mol. The van der Waals surface area contributed by atoms with Crippen LogP contribution in [0.3, 0.4) is 0 Å². The third-order valence-electron chi connectivity index (χ3n) is 2.61. The van der Waals surface area contributed by atoms with Gasteiger partial charge < -0.3 is 5.73 Å². The van der Waals surface area contributed by atoms with E-state index in [1.807, 2.05) is 0 Å². The number of hydrogen-bond acceptors (Lipinski definition) is 3. The lowest BCUT2D eigenvalue weighted by atomic mass is 9.93. The second-order valence-electron chi connectivity index (χ2n) is 3.92. The Labute approximate surface area is 82.6 Å². The Bertz CT molecular complexity index is 300. The van der Waals surface area contributed by atoms with E-state index in [9.17, 15) is 17.2 Å². The highest BCUT2D eigenvalue weighted by molar-refractivity contribution is 7.91. The minimum absolute atomic E-state index is 0.0263. The number of sulfone groups is 1. The Morgan fingerprint density at radius 2 is 2.07 bits per heavy atom. The molecule has 1 fully saturated rings. The first-order chi connectivity index (χ1) is 6.26. The fraction of sp³-hybridized carbons (Fsp3) is 1.00. The van der Waals surface area contributed by atoms with Crippen LogP contribution < -0.4 is 5.73 Å². The standard InChI is InChI=1S/C8H15F2NO2S/c1-6(11)8(9,10)7-3-2-4-14(12,13)5-7/h6-7H,2-5,11H2,1H3. The van der Waals surface area contributed by atoms with E-state index in [2.05, 4.69) is 0 Å². The van der Waals surface area contributed by atoms with Gasteiger partial charge >= 0.3 is 0 Å². The van der Waals surface area contributed by atoms with E-state index in [1.54, 1.807) is 0 Å². The number of hydrogen-bond donors (Lipinski definition) is 1. The Hall–Kier alpha value is -0.230. The van der Waals surface area contributed by atoms with Crippen molar-refractivity contribution in [2.75, 3.05) is 11.5 Å². The summed E-state index contributed by atoms with van der Waals surface area (Å²) >= 11 is 0. The largest absolute Gasteiger partial charge is 0.323 e. The van der Waals surface area contributed by atoms with Gasteiger partial charge in [-0.1, -0.05) is 0 Å². The van der Waals surface area contributed by atoms with Gasteiger partial charge in [-0.25, -0.2) is 17.2 Å². The van der Waals surface area contributed by atoms with Crippen LogP contribution in [0, 0.1) is 5.92 Å². The van der Waals surface area contributed by atoms with Gasteiger partial charge in [0.1, 0.15) is 0 Å². The van der Waals surface area contributed by atoms with E-state index >= 15 is 0 Å². The number of nitrogens with two attached hydrogens (primary N) is 1. The van der Waals surface area contributed by atoms with Gasteiger partial charge in [-0.2, -0.15) is 0 Å². The third kappa shape index (κ3) is 2.42. The van der Waals surface area contributed by atoms with Crippen LogP contribution in [0.25, 0.3) is 0 Å². The highest BCUT2D eigenvalue weighted by atomic mass is 32.2. The van der Waals surface area contributed by atoms with Crippen molar-refractivity contribution in [1.29, 1.82) is 0 Å². The molecule has 0 radical (unpaired) electrons. The maximum absolute atomic E-state index is 13.4. The van der Waals surface area contributed by atoms with E-state index in [4.69, 9.17) is 5.73 Å². The second-order valence-corrected chi connectivity index (χ2v) is 6.15. The Balaban J connectivity index is 2.79. The van der Waals surface area contributed by atoms with Crippen molar-refractivity contribution >= 4 is 9.84 Å². The van der Waals surface area contributed by atoms with Crippen LogP contribution in [0.4, 0.5) is 8.78 Å². The van der Waals surface area contributed by atoms with Crippen LogP contribution in [0.2, 0.25) is 0 Å². The Kier molecular flexibility index (Phi) is 3.16. The van der Waals surface area contributed by atoms with Gasteiger partial charge in [0.15, 0.2) is 9.84 Å². The SMILES string of the molecule is CC(N)C(F)(F)C1CCCS(=O)(=O)C1. The normalized spacial score (nSPS) is 29.9. The van der Waals surface area contributed by atoms with Crippen molar-refractivity contribution in [1.82, 2.24) is 0 Å². The van der Waals surface area contributed by atoms with Crippen molar-refractivity contribution in [3.63, 3.8) is 0 Å². The molecule has 0 bridgehead atoms. The third-order valence-corrected chi connectivity index (χ3v) is 4.44. The molecule has 0 aromatic carbocycles. The fourth-order valence-electron chi connectivity index (χ4n) is 1.70. The Morgan fingerprint density at radius 1 is 1.50 bits per heavy atom. The molecule has 0 amide bonds. The molecule has 1 rings (SSSR count). The van der Waals surface area contributed by atoms with Gasteiger partial charge in [0, 0.05) is 5.92 Å². The van der Waals surface area contributed by atoms with Gasteiger partial charge in [-0.05, 0) is 19.8 Å². The molecule has 0 aliphatic carbocycles. The zero-order chi connectivity index (χ0) is 11.0. The molecule has 0 spiro atoms. The summed E-state index contributed by atoms with van der Waals surface area (Å²) in [6, 6.07) is -1.29. The molecule has 1 heterocycles. The predicted octanol–water partition coefficient (Wildman–Crippen LogP) is 0.794. The average molecular weight is 227 g/mol. The van der Waals surface area contributed by atoms with Crippen LogP contribution in [-0.2, 0) is 9.84 Å². The molecular formula is C8H15F2NO2S. The molecule has 1 saturated heterocycles. The van der Waals surface area contributed by atoms with Crippen molar-refractivity contribution in [2.24, 2.45) is 11.7 Å². The maximum Gasteiger partial charge on any atom is 0.266 e. The zero-order valence-corrected chi connectivity index (χ0v) is 8.86. The molecule has 14 heavy (non-hydrogen) atoms. The summed E-state index contributed by atoms with van der Waals surface area (Å²) in [5, 5.41) is 0. The highest BCUT2D eigenvalue weighted by Crippen LogP contribution is 2.34. The molecule has 2 unspecified atom stereocenters. The highest BCUT2D eigenvalue weighted by Gasteiger charge is 2.46. The molecule has 1 aliphatic rings. The van der Waals surface area contributed by atoms with Crippen LogP contribution in [0.1, 0.15) is 19.8 Å². The van der Waals surface area contributed by atoms with Gasteiger partial charge in [0.2, 0.25) is 0 Å². The second kappa shape index (κ2) is 3.73. The first-order valence-electron chi connectivity index (χ1n) is 4.59. The van der Waals surface area contributed by atoms with Gasteiger partial charge in [0.05, 0.1) is 17.5 Å². The zero-order valence-electron chi connectivity index (χ0n) is 8.04. The molecule has 3 nitrogen and oxygen atoms in total. The molecule has 0 aromatic heterocycles. The summed E-state index contributed by atoms with van der Waals surface area (Å²) in [7, 11) is -3.28. The molecule has 1 aliphatic heterocycles. The summed E-state index contributed by atoms with van der Waals surface area (Å²) in [6.45, 7) is 1.21. The van der Waals surface area contributed by atoms with Crippen molar-refractivity contribution in [3.05, 3.63) is 0 Å². The minimum atomic E-state index is -3.28. The first kappa shape index (κ1) is 11.8. The quantitative estimate of drug-likeness (QED) is 0.758. The smallest absolute Gasteiger partial charge is 0.266 e.